The maximum Gasteiger partial charge on any atom is 0.0453 e. The summed E-state index contributed by atoms with van der Waals surface area (Å²) in [6, 6.07) is 6.46. The van der Waals surface area contributed by atoms with Crippen LogP contribution in [-0.2, 0) is 6.42 Å². The minimum absolute atomic E-state index is 0.704. The van der Waals surface area contributed by atoms with E-state index in [9.17, 15) is 0 Å². The molecule has 1 saturated carbocycles. The van der Waals surface area contributed by atoms with Gasteiger partial charge < -0.3 is 5.32 Å². The van der Waals surface area contributed by atoms with Crippen molar-refractivity contribution in [2.45, 2.75) is 31.7 Å². The first kappa shape index (κ1) is 11.3. The van der Waals surface area contributed by atoms with Crippen LogP contribution in [0.3, 0.4) is 0 Å². The Hall–Kier alpha value is -0.240. The van der Waals surface area contributed by atoms with Gasteiger partial charge in [0.05, 0.1) is 0 Å². The van der Waals surface area contributed by atoms with Crippen LogP contribution in [0.5, 0.6) is 0 Å². The van der Waals surface area contributed by atoms with E-state index in [0.717, 1.165) is 24.0 Å². The summed E-state index contributed by atoms with van der Waals surface area (Å²) in [4.78, 5) is 0. The Morgan fingerprint density at radius 1 is 1.27 bits per heavy atom. The van der Waals surface area contributed by atoms with Gasteiger partial charge in [-0.3, -0.25) is 0 Å². The van der Waals surface area contributed by atoms with Crippen molar-refractivity contribution in [2.75, 3.05) is 6.54 Å². The molecule has 0 heterocycles. The van der Waals surface area contributed by atoms with E-state index in [4.69, 9.17) is 23.2 Å². The fourth-order valence-electron chi connectivity index (χ4n) is 1.75. The lowest BCUT2D eigenvalue weighted by atomic mass is 9.93. The number of benzene rings is 1. The quantitative estimate of drug-likeness (QED) is 0.851. The van der Waals surface area contributed by atoms with Crippen LogP contribution >= 0.6 is 23.2 Å². The summed E-state index contributed by atoms with van der Waals surface area (Å²) in [6.07, 6.45) is 5.01. The molecule has 3 heteroatoms. The third kappa shape index (κ3) is 3.10. The van der Waals surface area contributed by atoms with Crippen LogP contribution in [0.2, 0.25) is 10.0 Å². The SMILES string of the molecule is Clc1ccc(CCNC2CCC2)c(Cl)c1. The van der Waals surface area contributed by atoms with Crippen molar-refractivity contribution in [3.63, 3.8) is 0 Å². The third-order valence-electron chi connectivity index (χ3n) is 2.95. The number of hydrogen-bond acceptors (Lipinski definition) is 1. The molecule has 1 aromatic rings. The highest BCUT2D eigenvalue weighted by Gasteiger charge is 2.15. The molecule has 0 atom stereocenters. The summed E-state index contributed by atoms with van der Waals surface area (Å²) >= 11 is 11.9. The molecule has 0 spiro atoms. The van der Waals surface area contributed by atoms with Crippen LogP contribution in [-0.4, -0.2) is 12.6 Å². The molecule has 0 bridgehead atoms. The van der Waals surface area contributed by atoms with E-state index in [2.05, 4.69) is 5.32 Å². The van der Waals surface area contributed by atoms with Crippen molar-refractivity contribution < 1.29 is 0 Å². The molecule has 0 aromatic heterocycles. The number of hydrogen-bond donors (Lipinski definition) is 1. The lowest BCUT2D eigenvalue weighted by Crippen LogP contribution is -2.36. The van der Waals surface area contributed by atoms with E-state index < -0.39 is 0 Å². The van der Waals surface area contributed by atoms with Crippen molar-refractivity contribution in [3.8, 4) is 0 Å². The number of rotatable bonds is 4. The molecule has 1 aromatic carbocycles. The predicted octanol–water partition coefficient (Wildman–Crippen LogP) is 3.68. The highest BCUT2D eigenvalue weighted by Crippen LogP contribution is 2.22. The molecule has 0 unspecified atom stereocenters. The van der Waals surface area contributed by atoms with Crippen LogP contribution in [0.1, 0.15) is 24.8 Å². The van der Waals surface area contributed by atoms with Gasteiger partial charge >= 0.3 is 0 Å². The van der Waals surface area contributed by atoms with Gasteiger partial charge in [-0.2, -0.15) is 0 Å². The smallest absolute Gasteiger partial charge is 0.0453 e. The maximum absolute atomic E-state index is 6.08. The van der Waals surface area contributed by atoms with Crippen molar-refractivity contribution >= 4 is 23.2 Å². The summed E-state index contributed by atoms with van der Waals surface area (Å²) < 4.78 is 0. The molecule has 1 fully saturated rings. The van der Waals surface area contributed by atoms with Crippen molar-refractivity contribution in [1.29, 1.82) is 0 Å². The molecule has 2 rings (SSSR count). The zero-order valence-corrected chi connectivity index (χ0v) is 10.1. The largest absolute Gasteiger partial charge is 0.314 e. The Balaban J connectivity index is 1.81. The fourth-order valence-corrected chi connectivity index (χ4v) is 2.25. The van der Waals surface area contributed by atoms with Crippen LogP contribution in [0.15, 0.2) is 18.2 Å². The van der Waals surface area contributed by atoms with Crippen LogP contribution in [0.25, 0.3) is 0 Å². The number of nitrogens with one attached hydrogen (secondary N) is 1. The van der Waals surface area contributed by atoms with Crippen molar-refractivity contribution in [2.24, 2.45) is 0 Å². The highest BCUT2D eigenvalue weighted by molar-refractivity contribution is 6.35. The number of halogens is 2. The van der Waals surface area contributed by atoms with Gasteiger partial charge in [-0.05, 0) is 43.5 Å². The molecule has 1 aliphatic carbocycles. The second-order valence-electron chi connectivity index (χ2n) is 4.07. The first-order valence-corrected chi connectivity index (χ1v) is 6.18. The fraction of sp³-hybridized carbons (Fsp3) is 0.500. The third-order valence-corrected chi connectivity index (χ3v) is 3.53. The summed E-state index contributed by atoms with van der Waals surface area (Å²) in [7, 11) is 0. The summed E-state index contributed by atoms with van der Waals surface area (Å²) in [5, 5.41) is 5.00. The second kappa shape index (κ2) is 5.20. The van der Waals surface area contributed by atoms with Gasteiger partial charge in [0, 0.05) is 16.1 Å². The average Bonchev–Trinajstić information content (AvgIpc) is 2.12. The molecule has 0 amide bonds. The molecular weight excluding hydrogens is 229 g/mol. The van der Waals surface area contributed by atoms with E-state index in [0.29, 0.717) is 5.02 Å². The summed E-state index contributed by atoms with van der Waals surface area (Å²) in [6.45, 7) is 1.01. The Morgan fingerprint density at radius 3 is 2.67 bits per heavy atom. The van der Waals surface area contributed by atoms with Gasteiger partial charge in [0.1, 0.15) is 0 Å². The normalized spacial score (nSPS) is 16.4. The van der Waals surface area contributed by atoms with Gasteiger partial charge in [0.15, 0.2) is 0 Å². The summed E-state index contributed by atoms with van der Waals surface area (Å²) in [5.74, 6) is 0. The minimum atomic E-state index is 0.704. The topological polar surface area (TPSA) is 12.0 Å². The molecule has 15 heavy (non-hydrogen) atoms. The Morgan fingerprint density at radius 2 is 2.07 bits per heavy atom. The van der Waals surface area contributed by atoms with E-state index in [1.54, 1.807) is 0 Å². The van der Waals surface area contributed by atoms with Crippen molar-refractivity contribution in [1.82, 2.24) is 5.32 Å². The monoisotopic (exact) mass is 243 g/mol. The van der Waals surface area contributed by atoms with Crippen LogP contribution in [0.4, 0.5) is 0 Å². The zero-order valence-electron chi connectivity index (χ0n) is 8.60. The van der Waals surface area contributed by atoms with E-state index in [1.165, 1.54) is 24.8 Å². The molecule has 82 valence electrons. The summed E-state index contributed by atoms with van der Waals surface area (Å²) in [5.41, 5.74) is 1.17. The standard InChI is InChI=1S/C12H15Cl2N/c13-10-5-4-9(12(14)8-10)6-7-15-11-2-1-3-11/h4-5,8,11,15H,1-3,6-7H2. The minimum Gasteiger partial charge on any atom is -0.314 e. The van der Waals surface area contributed by atoms with E-state index in [-0.39, 0.29) is 0 Å². The van der Waals surface area contributed by atoms with Gasteiger partial charge in [-0.15, -0.1) is 0 Å². The molecule has 1 nitrogen and oxygen atoms in total. The van der Waals surface area contributed by atoms with E-state index >= 15 is 0 Å². The Bertz CT molecular complexity index is 334. The van der Waals surface area contributed by atoms with Crippen LogP contribution in [0, 0.1) is 0 Å². The van der Waals surface area contributed by atoms with Gasteiger partial charge in [0.25, 0.3) is 0 Å². The molecular formula is C12H15Cl2N. The van der Waals surface area contributed by atoms with Gasteiger partial charge in [-0.25, -0.2) is 0 Å². The maximum atomic E-state index is 6.08. The first-order valence-electron chi connectivity index (χ1n) is 5.43. The molecule has 1 aliphatic rings. The molecule has 0 radical (unpaired) electrons. The van der Waals surface area contributed by atoms with Gasteiger partial charge in [-0.1, -0.05) is 35.7 Å². The molecule has 1 N–H and O–H groups in total. The highest BCUT2D eigenvalue weighted by atomic mass is 35.5. The first-order chi connectivity index (χ1) is 7.25. The van der Waals surface area contributed by atoms with E-state index in [1.807, 2.05) is 18.2 Å². The average molecular weight is 244 g/mol. The molecule has 0 saturated heterocycles. The molecule has 0 aliphatic heterocycles. The second-order valence-corrected chi connectivity index (χ2v) is 4.91. The van der Waals surface area contributed by atoms with Crippen molar-refractivity contribution in [3.05, 3.63) is 33.8 Å². The Labute approximate surface area is 101 Å². The Kier molecular flexibility index (Phi) is 3.90. The predicted molar refractivity (Wildman–Crippen MR) is 65.8 cm³/mol. The zero-order chi connectivity index (χ0) is 10.7. The van der Waals surface area contributed by atoms with Crippen LogP contribution < -0.4 is 5.32 Å². The van der Waals surface area contributed by atoms with Gasteiger partial charge in [0.2, 0.25) is 0 Å². The lowest BCUT2D eigenvalue weighted by Gasteiger charge is -2.26. The lowest BCUT2D eigenvalue weighted by molar-refractivity contribution is 0.342.